The highest BCUT2D eigenvalue weighted by atomic mass is 19.1. The van der Waals surface area contributed by atoms with Gasteiger partial charge in [-0.1, -0.05) is 19.9 Å². The molecule has 0 spiro atoms. The van der Waals surface area contributed by atoms with E-state index in [4.69, 9.17) is 4.98 Å². The molecule has 0 atom stereocenters. The summed E-state index contributed by atoms with van der Waals surface area (Å²) in [6.07, 6.45) is 3.63. The lowest BCUT2D eigenvalue weighted by molar-refractivity contribution is 0.0929. The smallest absolute Gasteiger partial charge is 0.252 e. The standard InChI is InChI=1S/C19H21FN2O/c1-3-13-7-10-17(21-16(13)4-2)19(11-12-19)22-18(23)14-5-8-15(20)9-6-14/h5-10H,3-4,11-12H2,1-2H3,(H,22,23). The van der Waals surface area contributed by atoms with Gasteiger partial charge >= 0.3 is 0 Å². The molecule has 120 valence electrons. The summed E-state index contributed by atoms with van der Waals surface area (Å²) in [5, 5.41) is 3.08. The lowest BCUT2D eigenvalue weighted by atomic mass is 10.0. The number of carbonyl (C=O) groups excluding carboxylic acids is 1. The first-order valence-corrected chi connectivity index (χ1v) is 8.15. The molecule has 0 radical (unpaired) electrons. The molecule has 1 aromatic carbocycles. The summed E-state index contributed by atoms with van der Waals surface area (Å²) in [5.74, 6) is -0.519. The van der Waals surface area contributed by atoms with E-state index < -0.39 is 0 Å². The zero-order chi connectivity index (χ0) is 16.4. The number of nitrogens with zero attached hydrogens (tertiary/aromatic N) is 1. The summed E-state index contributed by atoms with van der Waals surface area (Å²) < 4.78 is 13.0. The molecule has 0 saturated heterocycles. The van der Waals surface area contributed by atoms with Crippen molar-refractivity contribution in [2.24, 2.45) is 0 Å². The van der Waals surface area contributed by atoms with Gasteiger partial charge in [0.25, 0.3) is 5.91 Å². The van der Waals surface area contributed by atoms with Crippen LogP contribution < -0.4 is 5.32 Å². The second-order valence-electron chi connectivity index (χ2n) is 6.05. The molecule has 1 N–H and O–H groups in total. The normalized spacial score (nSPS) is 15.3. The summed E-state index contributed by atoms with van der Waals surface area (Å²) in [7, 11) is 0. The van der Waals surface area contributed by atoms with E-state index in [0.717, 1.165) is 37.1 Å². The van der Waals surface area contributed by atoms with E-state index in [0.29, 0.717) is 5.56 Å². The van der Waals surface area contributed by atoms with Crippen LogP contribution in [0.15, 0.2) is 36.4 Å². The van der Waals surface area contributed by atoms with Gasteiger partial charge in [0.2, 0.25) is 0 Å². The van der Waals surface area contributed by atoms with Crippen LogP contribution in [0.2, 0.25) is 0 Å². The van der Waals surface area contributed by atoms with Gasteiger partial charge < -0.3 is 5.32 Å². The Labute approximate surface area is 135 Å². The summed E-state index contributed by atoms with van der Waals surface area (Å²) in [4.78, 5) is 17.2. The van der Waals surface area contributed by atoms with Crippen molar-refractivity contribution in [2.45, 2.75) is 45.1 Å². The SMILES string of the molecule is CCc1ccc(C2(NC(=O)c3ccc(F)cc3)CC2)nc1CC. The average Bonchev–Trinajstić information content (AvgIpc) is 3.35. The molecular formula is C19H21FN2O. The molecule has 4 heteroatoms. The number of amides is 1. The summed E-state index contributed by atoms with van der Waals surface area (Å²) in [6, 6.07) is 9.76. The Morgan fingerprint density at radius 2 is 1.83 bits per heavy atom. The van der Waals surface area contributed by atoms with Gasteiger partial charge in [-0.05, 0) is 61.6 Å². The van der Waals surface area contributed by atoms with E-state index in [-0.39, 0.29) is 17.3 Å². The molecule has 0 aliphatic heterocycles. The molecule has 1 aromatic heterocycles. The predicted molar refractivity (Wildman–Crippen MR) is 87.8 cm³/mol. The van der Waals surface area contributed by atoms with Crippen LogP contribution in [0.5, 0.6) is 0 Å². The molecule has 0 unspecified atom stereocenters. The lowest BCUT2D eigenvalue weighted by Crippen LogP contribution is -2.35. The van der Waals surface area contributed by atoms with Crippen molar-refractivity contribution in [3.63, 3.8) is 0 Å². The van der Waals surface area contributed by atoms with E-state index in [2.05, 4.69) is 25.2 Å². The van der Waals surface area contributed by atoms with Crippen LogP contribution in [0.3, 0.4) is 0 Å². The largest absolute Gasteiger partial charge is 0.341 e. The van der Waals surface area contributed by atoms with E-state index in [9.17, 15) is 9.18 Å². The number of nitrogens with one attached hydrogen (secondary N) is 1. The van der Waals surface area contributed by atoms with Gasteiger partial charge in [0.15, 0.2) is 0 Å². The fraction of sp³-hybridized carbons (Fsp3) is 0.368. The second-order valence-corrected chi connectivity index (χ2v) is 6.05. The van der Waals surface area contributed by atoms with Crippen LogP contribution in [0.25, 0.3) is 0 Å². The molecule has 1 aliphatic rings. The van der Waals surface area contributed by atoms with Crippen LogP contribution in [-0.4, -0.2) is 10.9 Å². The van der Waals surface area contributed by atoms with Gasteiger partial charge in [0.05, 0.1) is 11.2 Å². The Morgan fingerprint density at radius 1 is 1.13 bits per heavy atom. The van der Waals surface area contributed by atoms with Crippen LogP contribution in [0, 0.1) is 5.82 Å². The van der Waals surface area contributed by atoms with Crippen molar-refractivity contribution >= 4 is 5.91 Å². The minimum Gasteiger partial charge on any atom is -0.341 e. The first kappa shape index (κ1) is 15.7. The van der Waals surface area contributed by atoms with Crippen molar-refractivity contribution in [1.82, 2.24) is 10.3 Å². The maximum atomic E-state index is 13.0. The van der Waals surface area contributed by atoms with Gasteiger partial charge in [-0.3, -0.25) is 9.78 Å². The number of pyridine rings is 1. The Bertz CT molecular complexity index is 721. The third-order valence-corrected chi connectivity index (χ3v) is 4.48. The minimum absolute atomic E-state index is 0.179. The molecule has 1 saturated carbocycles. The van der Waals surface area contributed by atoms with Gasteiger partial charge in [-0.2, -0.15) is 0 Å². The zero-order valence-corrected chi connectivity index (χ0v) is 13.5. The fourth-order valence-electron chi connectivity index (χ4n) is 2.89. The molecule has 3 nitrogen and oxygen atoms in total. The van der Waals surface area contributed by atoms with Gasteiger partial charge in [-0.25, -0.2) is 4.39 Å². The Morgan fingerprint density at radius 3 is 2.39 bits per heavy atom. The Hall–Kier alpha value is -2.23. The number of aromatic nitrogens is 1. The number of halogens is 1. The second kappa shape index (κ2) is 6.11. The van der Waals surface area contributed by atoms with Crippen molar-refractivity contribution in [3.8, 4) is 0 Å². The van der Waals surface area contributed by atoms with E-state index in [1.54, 1.807) is 0 Å². The molecule has 1 heterocycles. The monoisotopic (exact) mass is 312 g/mol. The van der Waals surface area contributed by atoms with E-state index in [1.807, 2.05) is 6.07 Å². The van der Waals surface area contributed by atoms with Crippen LogP contribution in [0.1, 0.15) is 54.0 Å². The third-order valence-electron chi connectivity index (χ3n) is 4.48. The molecular weight excluding hydrogens is 291 g/mol. The quantitative estimate of drug-likeness (QED) is 0.913. The fourth-order valence-corrected chi connectivity index (χ4v) is 2.89. The van der Waals surface area contributed by atoms with E-state index in [1.165, 1.54) is 29.8 Å². The maximum absolute atomic E-state index is 13.0. The molecule has 1 aliphatic carbocycles. The molecule has 1 amide bonds. The number of hydrogen-bond acceptors (Lipinski definition) is 2. The number of benzene rings is 1. The first-order chi connectivity index (χ1) is 11.1. The lowest BCUT2D eigenvalue weighted by Gasteiger charge is -2.19. The highest BCUT2D eigenvalue weighted by Crippen LogP contribution is 2.45. The number of aryl methyl sites for hydroxylation is 2. The predicted octanol–water partition coefficient (Wildman–Crippen LogP) is 3.76. The highest BCUT2D eigenvalue weighted by Gasteiger charge is 2.47. The van der Waals surface area contributed by atoms with Crippen molar-refractivity contribution in [3.05, 3.63) is 64.7 Å². The van der Waals surface area contributed by atoms with Crippen molar-refractivity contribution in [2.75, 3.05) is 0 Å². The van der Waals surface area contributed by atoms with Crippen molar-refractivity contribution < 1.29 is 9.18 Å². The van der Waals surface area contributed by atoms with Crippen LogP contribution >= 0.6 is 0 Å². The highest BCUT2D eigenvalue weighted by molar-refractivity contribution is 5.95. The Kier molecular flexibility index (Phi) is 4.16. The summed E-state index contributed by atoms with van der Waals surface area (Å²) in [6.45, 7) is 4.22. The molecule has 23 heavy (non-hydrogen) atoms. The summed E-state index contributed by atoms with van der Waals surface area (Å²) >= 11 is 0. The van der Waals surface area contributed by atoms with Crippen LogP contribution in [-0.2, 0) is 18.4 Å². The van der Waals surface area contributed by atoms with Gasteiger partial charge in [-0.15, -0.1) is 0 Å². The summed E-state index contributed by atoms with van der Waals surface area (Å²) in [5.41, 5.74) is 3.41. The third kappa shape index (κ3) is 3.11. The topological polar surface area (TPSA) is 42.0 Å². The van der Waals surface area contributed by atoms with Gasteiger partial charge in [0.1, 0.15) is 5.82 Å². The molecule has 3 rings (SSSR count). The van der Waals surface area contributed by atoms with E-state index >= 15 is 0 Å². The van der Waals surface area contributed by atoms with Crippen LogP contribution in [0.4, 0.5) is 4.39 Å². The molecule has 1 fully saturated rings. The molecule has 2 aromatic rings. The maximum Gasteiger partial charge on any atom is 0.252 e. The minimum atomic E-state index is -0.359. The number of rotatable bonds is 5. The van der Waals surface area contributed by atoms with Crippen molar-refractivity contribution in [1.29, 1.82) is 0 Å². The number of hydrogen-bond donors (Lipinski definition) is 1. The Balaban J connectivity index is 1.82. The zero-order valence-electron chi connectivity index (χ0n) is 13.5. The average molecular weight is 312 g/mol. The molecule has 0 bridgehead atoms. The first-order valence-electron chi connectivity index (χ1n) is 8.15. The number of carbonyl (C=O) groups is 1. The van der Waals surface area contributed by atoms with Gasteiger partial charge in [0, 0.05) is 11.3 Å².